The molecule has 2 atom stereocenters. The maximum absolute atomic E-state index is 6.66. The van der Waals surface area contributed by atoms with E-state index in [9.17, 15) is 0 Å². The number of nitrogens with one attached hydrogen (secondary N) is 2. The Bertz CT molecular complexity index is 1330. The number of fused-ring (bicyclic) bond motifs is 3. The molecular formula is C28H28Cl2N2O2. The van der Waals surface area contributed by atoms with Gasteiger partial charge in [-0.15, -0.1) is 0 Å². The summed E-state index contributed by atoms with van der Waals surface area (Å²) >= 11 is 12.8. The molecule has 4 nitrogen and oxygen atoms in total. The molecule has 6 heteroatoms. The first-order valence-corrected chi connectivity index (χ1v) is 12.3. The van der Waals surface area contributed by atoms with Crippen LogP contribution in [0.15, 0.2) is 60.7 Å². The van der Waals surface area contributed by atoms with Crippen molar-refractivity contribution >= 4 is 34.1 Å². The number of hydrogen-bond donors (Lipinski definition) is 2. The zero-order valence-corrected chi connectivity index (χ0v) is 21.0. The van der Waals surface area contributed by atoms with Gasteiger partial charge in [0.15, 0.2) is 11.5 Å². The molecule has 5 rings (SSSR count). The van der Waals surface area contributed by atoms with Crippen molar-refractivity contribution in [2.45, 2.75) is 25.8 Å². The average Bonchev–Trinajstić information content (AvgIpc) is 3.22. The quantitative estimate of drug-likeness (QED) is 0.294. The van der Waals surface area contributed by atoms with Gasteiger partial charge >= 0.3 is 0 Å². The summed E-state index contributed by atoms with van der Waals surface area (Å²) in [5.74, 6) is 2.04. The highest BCUT2D eigenvalue weighted by atomic mass is 35.5. The lowest BCUT2D eigenvalue weighted by Gasteiger charge is -2.32. The first-order valence-electron chi connectivity index (χ1n) is 11.6. The van der Waals surface area contributed by atoms with Gasteiger partial charge in [0.05, 0.1) is 19.8 Å². The fourth-order valence-electron chi connectivity index (χ4n) is 4.80. The first kappa shape index (κ1) is 23.1. The van der Waals surface area contributed by atoms with E-state index < -0.39 is 0 Å². The van der Waals surface area contributed by atoms with Crippen LogP contribution in [0.5, 0.6) is 11.5 Å². The summed E-state index contributed by atoms with van der Waals surface area (Å²) in [6, 6.07) is 20.4. The number of aromatic nitrogens is 1. The molecule has 3 aromatic carbocycles. The average molecular weight is 495 g/mol. The van der Waals surface area contributed by atoms with Crippen molar-refractivity contribution < 1.29 is 9.47 Å². The third-order valence-electron chi connectivity index (χ3n) is 6.37. The van der Waals surface area contributed by atoms with Crippen LogP contribution in [0.4, 0.5) is 0 Å². The number of H-pyrrole nitrogens is 1. The molecule has 0 bridgehead atoms. The fraction of sp³-hybridized carbons (Fsp3) is 0.286. The number of hydrogen-bond acceptors (Lipinski definition) is 3. The lowest BCUT2D eigenvalue weighted by molar-refractivity contribution is 0.256. The smallest absolute Gasteiger partial charge is 0.161 e. The largest absolute Gasteiger partial charge is 0.493 e. The third kappa shape index (κ3) is 4.26. The highest BCUT2D eigenvalue weighted by Crippen LogP contribution is 2.44. The number of halogens is 2. The van der Waals surface area contributed by atoms with E-state index in [0.29, 0.717) is 22.6 Å². The molecule has 176 valence electrons. The molecule has 0 unspecified atom stereocenters. The molecule has 2 N–H and O–H groups in total. The van der Waals surface area contributed by atoms with Gasteiger partial charge in [0.25, 0.3) is 0 Å². The summed E-state index contributed by atoms with van der Waals surface area (Å²) in [6.45, 7) is 5.66. The Balaban J connectivity index is 1.59. The van der Waals surface area contributed by atoms with Crippen molar-refractivity contribution in [3.05, 3.63) is 93.1 Å². The topological polar surface area (TPSA) is 46.3 Å². The molecule has 0 amide bonds. The summed E-state index contributed by atoms with van der Waals surface area (Å²) in [6.07, 6.45) is 0. The molecule has 0 spiro atoms. The number of ether oxygens (including phenoxy) is 2. The molecule has 0 aliphatic carbocycles. The highest BCUT2D eigenvalue weighted by Gasteiger charge is 2.33. The molecule has 1 aromatic heterocycles. The van der Waals surface area contributed by atoms with Crippen molar-refractivity contribution in [3.8, 4) is 11.5 Å². The van der Waals surface area contributed by atoms with Gasteiger partial charge in [-0.2, -0.15) is 0 Å². The van der Waals surface area contributed by atoms with Gasteiger partial charge in [0, 0.05) is 39.1 Å². The summed E-state index contributed by atoms with van der Waals surface area (Å²) < 4.78 is 11.6. The van der Waals surface area contributed by atoms with Crippen LogP contribution < -0.4 is 14.8 Å². The van der Waals surface area contributed by atoms with Crippen LogP contribution in [0.3, 0.4) is 0 Å². The Labute approximate surface area is 210 Å². The first-order chi connectivity index (χ1) is 16.5. The maximum atomic E-state index is 6.66. The molecule has 0 radical (unpaired) electrons. The van der Waals surface area contributed by atoms with Crippen LogP contribution in [0, 0.1) is 5.92 Å². The molecule has 2 heterocycles. The van der Waals surface area contributed by atoms with Gasteiger partial charge in [-0.1, -0.05) is 67.4 Å². The monoisotopic (exact) mass is 494 g/mol. The van der Waals surface area contributed by atoms with E-state index in [1.807, 2.05) is 24.3 Å². The Morgan fingerprint density at radius 3 is 2.59 bits per heavy atom. The molecule has 4 aromatic rings. The summed E-state index contributed by atoms with van der Waals surface area (Å²) in [5.41, 5.74) is 5.70. The van der Waals surface area contributed by atoms with Gasteiger partial charge < -0.3 is 19.8 Å². The molecule has 0 saturated carbocycles. The van der Waals surface area contributed by atoms with Gasteiger partial charge in [0.1, 0.15) is 0 Å². The minimum atomic E-state index is -0.0159. The summed E-state index contributed by atoms with van der Waals surface area (Å²) in [4.78, 5) is 3.68. The SMILES string of the molecule is COc1cc([C@@H]2NC[C@H](c3ccc(Cl)cc3Cl)c3c2[nH]c2ccccc32)ccc1OCC(C)C. The van der Waals surface area contributed by atoms with Crippen molar-refractivity contribution in [2.24, 2.45) is 5.92 Å². The Hall–Kier alpha value is -2.66. The van der Waals surface area contributed by atoms with Crippen molar-refractivity contribution in [1.82, 2.24) is 10.3 Å². The standard InChI is InChI=1S/C28H28Cl2N2O2/c1-16(2)15-34-24-11-8-17(12-25(24)33-3)27-28-26(20-6-4-5-7-23(20)32-28)21(14-31-27)19-10-9-18(29)13-22(19)30/h4-13,16,21,27,31-32H,14-15H2,1-3H3/t21-,27+/m1/s1. The van der Waals surface area contributed by atoms with E-state index in [1.165, 1.54) is 10.9 Å². The molecule has 1 aliphatic rings. The van der Waals surface area contributed by atoms with E-state index in [2.05, 4.69) is 60.5 Å². The predicted molar refractivity (Wildman–Crippen MR) is 140 cm³/mol. The molecular weight excluding hydrogens is 467 g/mol. The van der Waals surface area contributed by atoms with Crippen molar-refractivity contribution in [3.63, 3.8) is 0 Å². The van der Waals surface area contributed by atoms with E-state index in [4.69, 9.17) is 32.7 Å². The second kappa shape index (κ2) is 9.53. The Kier molecular flexibility index (Phi) is 6.48. The maximum Gasteiger partial charge on any atom is 0.161 e. The van der Waals surface area contributed by atoms with Crippen LogP contribution in [0.25, 0.3) is 10.9 Å². The highest BCUT2D eigenvalue weighted by molar-refractivity contribution is 6.35. The lowest BCUT2D eigenvalue weighted by atomic mass is 9.83. The summed E-state index contributed by atoms with van der Waals surface area (Å²) in [7, 11) is 1.68. The molecule has 0 saturated heterocycles. The van der Waals surface area contributed by atoms with Crippen molar-refractivity contribution in [2.75, 3.05) is 20.3 Å². The van der Waals surface area contributed by atoms with Crippen LogP contribution >= 0.6 is 23.2 Å². The minimum Gasteiger partial charge on any atom is -0.493 e. The fourth-order valence-corrected chi connectivity index (χ4v) is 5.34. The number of para-hydroxylation sites is 1. The lowest BCUT2D eigenvalue weighted by Crippen LogP contribution is -2.34. The zero-order valence-electron chi connectivity index (χ0n) is 19.5. The number of benzene rings is 3. The van der Waals surface area contributed by atoms with Crippen LogP contribution in [0.1, 0.15) is 48.2 Å². The second-order valence-corrected chi connectivity index (χ2v) is 10.0. The number of rotatable bonds is 6. The van der Waals surface area contributed by atoms with E-state index in [0.717, 1.165) is 40.4 Å². The van der Waals surface area contributed by atoms with Crippen LogP contribution in [-0.2, 0) is 0 Å². The number of aromatic amines is 1. The van der Waals surface area contributed by atoms with E-state index in [1.54, 1.807) is 7.11 Å². The zero-order chi connectivity index (χ0) is 23.8. The normalized spacial score (nSPS) is 17.7. The van der Waals surface area contributed by atoms with E-state index >= 15 is 0 Å². The minimum absolute atomic E-state index is 0.0159. The van der Waals surface area contributed by atoms with Gasteiger partial charge in [-0.3, -0.25) is 0 Å². The Morgan fingerprint density at radius 2 is 1.82 bits per heavy atom. The second-order valence-electron chi connectivity index (χ2n) is 9.17. The Morgan fingerprint density at radius 1 is 1.00 bits per heavy atom. The molecule has 1 aliphatic heterocycles. The number of methoxy groups -OCH3 is 1. The van der Waals surface area contributed by atoms with Crippen molar-refractivity contribution in [1.29, 1.82) is 0 Å². The molecule has 34 heavy (non-hydrogen) atoms. The van der Waals surface area contributed by atoms with Gasteiger partial charge in [0.2, 0.25) is 0 Å². The third-order valence-corrected chi connectivity index (χ3v) is 6.93. The van der Waals surface area contributed by atoms with Crippen LogP contribution in [0.2, 0.25) is 10.0 Å². The summed E-state index contributed by atoms with van der Waals surface area (Å²) in [5, 5.41) is 6.28. The van der Waals surface area contributed by atoms with Gasteiger partial charge in [-0.25, -0.2) is 0 Å². The molecule has 0 fully saturated rings. The predicted octanol–water partition coefficient (Wildman–Crippen LogP) is 7.34. The van der Waals surface area contributed by atoms with E-state index in [-0.39, 0.29) is 12.0 Å². The van der Waals surface area contributed by atoms with Gasteiger partial charge in [-0.05, 0) is 52.9 Å². The van der Waals surface area contributed by atoms with Crippen LogP contribution in [-0.4, -0.2) is 25.2 Å².